The first kappa shape index (κ1) is 13.9. The molecule has 1 aromatic carbocycles. The van der Waals surface area contributed by atoms with Crippen LogP contribution in [-0.4, -0.2) is 26.8 Å². The van der Waals surface area contributed by atoms with E-state index in [1.165, 1.54) is 31.2 Å². The van der Waals surface area contributed by atoms with Crippen LogP contribution in [0.25, 0.3) is 0 Å². The monoisotopic (exact) mass is 280 g/mol. The van der Waals surface area contributed by atoms with Crippen molar-refractivity contribution in [3.63, 3.8) is 0 Å². The van der Waals surface area contributed by atoms with E-state index in [2.05, 4.69) is 5.32 Å². The highest BCUT2D eigenvalue weighted by Crippen LogP contribution is 2.14. The Morgan fingerprint density at radius 2 is 1.65 bits per heavy atom. The Morgan fingerprint density at radius 1 is 1.18 bits per heavy atom. The fourth-order valence-corrected chi connectivity index (χ4v) is 1.85. The van der Waals surface area contributed by atoms with Crippen LogP contribution in [0.5, 0.6) is 0 Å². The highest BCUT2D eigenvalue weighted by molar-refractivity contribution is 7.89. The molecule has 96 valence electrons. The van der Waals surface area contributed by atoms with Gasteiger partial charge >= 0.3 is 0 Å². The van der Waals surface area contributed by atoms with Gasteiger partial charge in [-0.1, -0.05) is 0 Å². The van der Waals surface area contributed by atoms with Crippen molar-refractivity contribution in [1.29, 1.82) is 0 Å². The minimum absolute atomic E-state index is 0.0810. The second kappa shape index (κ2) is 4.61. The van der Waals surface area contributed by atoms with Gasteiger partial charge in [-0.2, -0.15) is 8.42 Å². The van der Waals surface area contributed by atoms with Crippen molar-refractivity contribution in [2.75, 3.05) is 5.32 Å². The summed E-state index contributed by atoms with van der Waals surface area (Å²) in [7, 11) is -7.97. The summed E-state index contributed by atoms with van der Waals surface area (Å²) in [6.45, 7) is 1.25. The highest BCUT2D eigenvalue weighted by Gasteiger charge is 2.16. The van der Waals surface area contributed by atoms with Crippen LogP contribution in [0.4, 0.5) is 5.69 Å². The summed E-state index contributed by atoms with van der Waals surface area (Å²) < 4.78 is 52.1. The Morgan fingerprint density at radius 3 is 2.00 bits per heavy atom. The molecule has 4 N–H and O–H groups in total. The van der Waals surface area contributed by atoms with Crippen molar-refractivity contribution < 1.29 is 21.4 Å². The first-order valence-electron chi connectivity index (χ1n) is 4.46. The molecule has 0 aromatic heterocycles. The Labute approximate surface area is 99.4 Å². The van der Waals surface area contributed by atoms with Crippen LogP contribution in [0.1, 0.15) is 6.92 Å². The third kappa shape index (κ3) is 3.97. The molecule has 1 aromatic rings. The van der Waals surface area contributed by atoms with Gasteiger partial charge in [-0.05, 0) is 31.2 Å². The third-order valence-electron chi connectivity index (χ3n) is 2.00. The van der Waals surface area contributed by atoms with E-state index in [1.54, 1.807) is 0 Å². The molecule has 9 heteroatoms. The summed E-state index contributed by atoms with van der Waals surface area (Å²) in [5.41, 5.74) is 0.350. The average Bonchev–Trinajstić information content (AvgIpc) is 2.15. The zero-order valence-electron chi connectivity index (χ0n) is 8.86. The first-order chi connectivity index (χ1) is 7.60. The maximum Gasteiger partial charge on any atom is 0.285 e. The van der Waals surface area contributed by atoms with Crippen molar-refractivity contribution in [1.82, 2.24) is 0 Å². The molecule has 0 spiro atoms. The van der Waals surface area contributed by atoms with Crippen LogP contribution in [0.15, 0.2) is 29.2 Å². The molecule has 1 rings (SSSR count). The molecule has 7 nitrogen and oxygen atoms in total. The number of hydrogen-bond acceptors (Lipinski definition) is 5. The van der Waals surface area contributed by atoms with Gasteiger partial charge in [-0.3, -0.25) is 4.55 Å². The Balaban J connectivity index is 2.91. The largest absolute Gasteiger partial charge is 0.367 e. The van der Waals surface area contributed by atoms with Gasteiger partial charge in [0.1, 0.15) is 0 Å². The van der Waals surface area contributed by atoms with Crippen LogP contribution in [0.3, 0.4) is 0 Å². The number of primary sulfonamides is 1. The zero-order chi connectivity index (χ0) is 13.3. The number of hydrogen-bond donors (Lipinski definition) is 3. The van der Waals surface area contributed by atoms with Crippen LogP contribution in [0.2, 0.25) is 0 Å². The molecule has 0 bridgehead atoms. The van der Waals surface area contributed by atoms with Crippen LogP contribution < -0.4 is 10.5 Å². The fourth-order valence-electron chi connectivity index (χ4n) is 1.05. The van der Waals surface area contributed by atoms with E-state index >= 15 is 0 Å². The van der Waals surface area contributed by atoms with Gasteiger partial charge in [0.25, 0.3) is 10.1 Å². The van der Waals surface area contributed by atoms with Crippen LogP contribution in [0, 0.1) is 0 Å². The average molecular weight is 280 g/mol. The molecule has 17 heavy (non-hydrogen) atoms. The van der Waals surface area contributed by atoms with E-state index in [9.17, 15) is 16.8 Å². The maximum absolute atomic E-state index is 10.9. The minimum atomic E-state index is -4.19. The second-order valence-electron chi connectivity index (χ2n) is 3.37. The topological polar surface area (TPSA) is 127 Å². The van der Waals surface area contributed by atoms with E-state index in [-0.39, 0.29) is 4.90 Å². The van der Waals surface area contributed by atoms with Gasteiger partial charge in [-0.15, -0.1) is 0 Å². The van der Waals surface area contributed by atoms with Crippen LogP contribution >= 0.6 is 0 Å². The lowest BCUT2D eigenvalue weighted by molar-refractivity contribution is 0.475. The predicted octanol–water partition coefficient (Wildman–Crippen LogP) is -0.0203. The summed E-state index contributed by atoms with van der Waals surface area (Å²) >= 11 is 0. The van der Waals surface area contributed by atoms with E-state index in [1.807, 2.05) is 0 Å². The number of anilines is 1. The lowest BCUT2D eigenvalue weighted by atomic mass is 10.3. The van der Waals surface area contributed by atoms with E-state index in [0.717, 1.165) is 0 Å². The normalized spacial score (nSPS) is 14.3. The second-order valence-corrected chi connectivity index (χ2v) is 6.67. The van der Waals surface area contributed by atoms with Gasteiger partial charge in [0.05, 0.1) is 4.90 Å². The molecule has 1 atom stereocenters. The van der Waals surface area contributed by atoms with Crippen molar-refractivity contribution in [2.24, 2.45) is 5.14 Å². The van der Waals surface area contributed by atoms with Gasteiger partial charge in [-0.25, -0.2) is 13.6 Å². The van der Waals surface area contributed by atoms with Gasteiger partial charge in [0.2, 0.25) is 10.0 Å². The van der Waals surface area contributed by atoms with Gasteiger partial charge in [0.15, 0.2) is 5.37 Å². The minimum Gasteiger partial charge on any atom is -0.367 e. The smallest absolute Gasteiger partial charge is 0.285 e. The van der Waals surface area contributed by atoms with Crippen molar-refractivity contribution in [3.05, 3.63) is 24.3 Å². The summed E-state index contributed by atoms with van der Waals surface area (Å²) in [5, 5.41) is 6.19. The fraction of sp³-hybridized carbons (Fsp3) is 0.250. The number of sulfonamides is 1. The number of nitrogens with two attached hydrogens (primary N) is 1. The Kier molecular flexibility index (Phi) is 3.77. The van der Waals surface area contributed by atoms with Crippen molar-refractivity contribution in [3.8, 4) is 0 Å². The Hall–Kier alpha value is -1.16. The lowest BCUT2D eigenvalue weighted by Crippen LogP contribution is -2.25. The third-order valence-corrected chi connectivity index (χ3v) is 3.94. The number of rotatable bonds is 4. The summed E-state index contributed by atoms with van der Waals surface area (Å²) in [6.07, 6.45) is 0. The molecule has 0 saturated carbocycles. The van der Waals surface area contributed by atoms with E-state index in [4.69, 9.17) is 9.69 Å². The summed E-state index contributed by atoms with van der Waals surface area (Å²) in [4.78, 5) is -0.0810. The van der Waals surface area contributed by atoms with E-state index in [0.29, 0.717) is 5.69 Å². The predicted molar refractivity (Wildman–Crippen MR) is 62.4 cm³/mol. The Bertz CT molecular complexity index is 591. The molecular formula is C8H12N2O5S2. The number of nitrogens with one attached hydrogen (secondary N) is 1. The molecule has 1 unspecified atom stereocenters. The molecule has 0 heterocycles. The standard InChI is InChI=1S/C8H12N2O5S2/c1-6(17(13,14)15)10-7-2-4-8(5-3-7)16(9,11)12/h2-6,10H,1H3,(H2,9,11,12)(H,13,14,15). The molecule has 0 amide bonds. The first-order valence-corrected chi connectivity index (χ1v) is 7.51. The van der Waals surface area contributed by atoms with Crippen LogP contribution in [-0.2, 0) is 20.1 Å². The van der Waals surface area contributed by atoms with Crippen molar-refractivity contribution >= 4 is 25.8 Å². The molecular weight excluding hydrogens is 268 g/mol. The summed E-state index contributed by atoms with van der Waals surface area (Å²) in [5.74, 6) is 0. The lowest BCUT2D eigenvalue weighted by Gasteiger charge is -2.12. The summed E-state index contributed by atoms with van der Waals surface area (Å²) in [6, 6.07) is 5.16. The molecule has 0 saturated heterocycles. The van der Waals surface area contributed by atoms with Gasteiger partial charge < -0.3 is 5.32 Å². The zero-order valence-corrected chi connectivity index (χ0v) is 10.5. The van der Waals surface area contributed by atoms with Crippen molar-refractivity contribution in [2.45, 2.75) is 17.2 Å². The molecule has 0 aliphatic heterocycles. The van der Waals surface area contributed by atoms with E-state index < -0.39 is 25.5 Å². The molecule has 0 aliphatic rings. The SMILES string of the molecule is CC(Nc1ccc(S(N)(=O)=O)cc1)S(=O)(=O)O. The molecule has 0 aliphatic carbocycles. The maximum atomic E-state index is 10.9. The van der Waals surface area contributed by atoms with Gasteiger partial charge in [0, 0.05) is 5.69 Å². The molecule has 0 radical (unpaired) electrons. The quantitative estimate of drug-likeness (QED) is 0.665. The highest BCUT2D eigenvalue weighted by atomic mass is 32.2. The molecule has 0 fully saturated rings. The number of benzene rings is 1.